The van der Waals surface area contributed by atoms with Crippen LogP contribution in [0.5, 0.6) is 0 Å². The van der Waals surface area contributed by atoms with Crippen LogP contribution in [0, 0.1) is 6.92 Å². The Morgan fingerprint density at radius 2 is 2.07 bits per heavy atom. The van der Waals surface area contributed by atoms with Crippen LogP contribution < -0.4 is 0 Å². The van der Waals surface area contributed by atoms with Crippen molar-refractivity contribution in [2.24, 2.45) is 0 Å². The lowest BCUT2D eigenvalue weighted by molar-refractivity contribution is 0.632. The maximum atomic E-state index is 4.70. The van der Waals surface area contributed by atoms with Crippen LogP contribution in [-0.4, -0.2) is 13.1 Å². The zero-order valence-corrected chi connectivity index (χ0v) is 11.3. The summed E-state index contributed by atoms with van der Waals surface area (Å²) in [5.74, 6) is 0. The lowest BCUT2D eigenvalue weighted by atomic mass is 9.95. The highest BCUT2D eigenvalue weighted by Gasteiger charge is 2.32. The second kappa shape index (κ2) is 3.74. The molecule has 2 rings (SSSR count). The minimum atomic E-state index is -1.09. The average Bonchev–Trinajstić information content (AvgIpc) is 2.15. The van der Waals surface area contributed by atoms with E-state index in [4.69, 9.17) is 4.98 Å². The first-order valence-corrected chi connectivity index (χ1v) is 9.51. The first-order chi connectivity index (χ1) is 6.98. The molecule has 0 aliphatic heterocycles. The summed E-state index contributed by atoms with van der Waals surface area (Å²) in [5.41, 5.74) is 5.03. The monoisotopic (exact) mass is 219 g/mol. The molecular weight excluding hydrogens is 198 g/mol. The van der Waals surface area contributed by atoms with Gasteiger partial charge in [-0.05, 0) is 42.9 Å². The SMILES string of the molecule is Cc1cnc2c(c1)CCCC2[Si](C)(C)C. The van der Waals surface area contributed by atoms with Crippen molar-refractivity contribution in [3.63, 3.8) is 0 Å². The Morgan fingerprint density at radius 1 is 1.33 bits per heavy atom. The lowest BCUT2D eigenvalue weighted by Gasteiger charge is -2.33. The number of aromatic nitrogens is 1. The van der Waals surface area contributed by atoms with Gasteiger partial charge >= 0.3 is 0 Å². The number of hydrogen-bond donors (Lipinski definition) is 0. The molecule has 0 radical (unpaired) electrons. The van der Waals surface area contributed by atoms with Gasteiger partial charge in [-0.25, -0.2) is 0 Å². The minimum Gasteiger partial charge on any atom is -0.261 e. The van der Waals surface area contributed by atoms with E-state index < -0.39 is 8.07 Å². The van der Waals surface area contributed by atoms with Crippen LogP contribution in [0.25, 0.3) is 0 Å². The Morgan fingerprint density at radius 3 is 2.73 bits per heavy atom. The van der Waals surface area contributed by atoms with Crippen LogP contribution in [-0.2, 0) is 6.42 Å². The van der Waals surface area contributed by atoms with Crippen molar-refractivity contribution < 1.29 is 0 Å². The summed E-state index contributed by atoms with van der Waals surface area (Å²) in [4.78, 5) is 4.70. The van der Waals surface area contributed by atoms with E-state index in [2.05, 4.69) is 32.6 Å². The van der Waals surface area contributed by atoms with Crippen molar-refractivity contribution in [1.29, 1.82) is 0 Å². The molecule has 1 aliphatic rings. The van der Waals surface area contributed by atoms with Gasteiger partial charge in [0.1, 0.15) is 0 Å². The Hall–Kier alpha value is -0.633. The third kappa shape index (κ3) is 2.15. The van der Waals surface area contributed by atoms with Gasteiger partial charge in [-0.3, -0.25) is 4.98 Å². The van der Waals surface area contributed by atoms with Crippen LogP contribution in [0.15, 0.2) is 12.3 Å². The average molecular weight is 219 g/mol. The van der Waals surface area contributed by atoms with Gasteiger partial charge in [0.05, 0.1) is 8.07 Å². The molecular formula is C13H21NSi. The molecule has 1 aromatic heterocycles. The van der Waals surface area contributed by atoms with Gasteiger partial charge in [-0.15, -0.1) is 0 Å². The molecule has 0 amide bonds. The van der Waals surface area contributed by atoms with Crippen LogP contribution in [0.4, 0.5) is 0 Å². The third-order valence-electron chi connectivity index (χ3n) is 3.45. The van der Waals surface area contributed by atoms with E-state index in [1.165, 1.54) is 36.1 Å². The fraction of sp³-hybridized carbons (Fsp3) is 0.615. The van der Waals surface area contributed by atoms with E-state index in [1.54, 1.807) is 0 Å². The number of hydrogen-bond acceptors (Lipinski definition) is 1. The molecule has 1 aromatic rings. The van der Waals surface area contributed by atoms with Crippen molar-refractivity contribution in [3.8, 4) is 0 Å². The highest BCUT2D eigenvalue weighted by atomic mass is 28.3. The summed E-state index contributed by atoms with van der Waals surface area (Å²) >= 11 is 0. The van der Waals surface area contributed by atoms with E-state index in [9.17, 15) is 0 Å². The minimum absolute atomic E-state index is 0.779. The molecule has 2 heteroatoms. The summed E-state index contributed by atoms with van der Waals surface area (Å²) in [6, 6.07) is 2.34. The van der Waals surface area contributed by atoms with Gasteiger partial charge in [0.2, 0.25) is 0 Å². The van der Waals surface area contributed by atoms with Crippen molar-refractivity contribution in [2.75, 3.05) is 0 Å². The highest BCUT2D eigenvalue weighted by molar-refractivity contribution is 6.77. The summed E-state index contributed by atoms with van der Waals surface area (Å²) in [6.45, 7) is 9.54. The molecule has 15 heavy (non-hydrogen) atoms. The molecule has 1 atom stereocenters. The van der Waals surface area contributed by atoms with Gasteiger partial charge in [-0.1, -0.05) is 25.7 Å². The molecule has 1 unspecified atom stereocenters. The highest BCUT2D eigenvalue weighted by Crippen LogP contribution is 2.36. The molecule has 0 spiro atoms. The fourth-order valence-electron chi connectivity index (χ4n) is 2.63. The Labute approximate surface area is 93.9 Å². The standard InChI is InChI=1S/C13H21NSi/c1-10-8-11-6-5-7-12(15(2,3)4)13(11)14-9-10/h8-9,12H,5-7H2,1-4H3. The van der Waals surface area contributed by atoms with Gasteiger partial charge in [-0.2, -0.15) is 0 Å². The summed E-state index contributed by atoms with van der Waals surface area (Å²) in [6.07, 6.45) is 5.99. The van der Waals surface area contributed by atoms with E-state index in [0.29, 0.717) is 0 Å². The van der Waals surface area contributed by atoms with E-state index in [1.807, 2.05) is 6.20 Å². The maximum absolute atomic E-state index is 4.70. The molecule has 82 valence electrons. The largest absolute Gasteiger partial charge is 0.261 e. The van der Waals surface area contributed by atoms with Crippen molar-refractivity contribution in [2.45, 2.75) is 51.4 Å². The molecule has 0 bridgehead atoms. The van der Waals surface area contributed by atoms with Crippen LogP contribution in [0.3, 0.4) is 0 Å². The molecule has 0 N–H and O–H groups in total. The van der Waals surface area contributed by atoms with Gasteiger partial charge in [0.25, 0.3) is 0 Å². The zero-order valence-electron chi connectivity index (χ0n) is 10.3. The molecule has 1 aliphatic carbocycles. The predicted octanol–water partition coefficient (Wildman–Crippen LogP) is 3.69. The number of rotatable bonds is 1. The van der Waals surface area contributed by atoms with Crippen molar-refractivity contribution in [1.82, 2.24) is 4.98 Å². The van der Waals surface area contributed by atoms with Crippen molar-refractivity contribution >= 4 is 8.07 Å². The lowest BCUT2D eigenvalue weighted by Crippen LogP contribution is -2.34. The molecule has 1 heterocycles. The smallest absolute Gasteiger partial charge is 0.0541 e. The summed E-state index contributed by atoms with van der Waals surface area (Å²) < 4.78 is 0. The maximum Gasteiger partial charge on any atom is 0.0541 e. The quantitative estimate of drug-likeness (QED) is 0.657. The number of pyridine rings is 1. The second-order valence-corrected chi connectivity index (χ2v) is 11.3. The second-order valence-electron chi connectivity index (χ2n) is 5.87. The Kier molecular flexibility index (Phi) is 2.71. The van der Waals surface area contributed by atoms with E-state index in [-0.39, 0.29) is 0 Å². The molecule has 0 fully saturated rings. The normalized spacial score (nSPS) is 21.2. The Balaban J connectivity index is 2.43. The van der Waals surface area contributed by atoms with Crippen LogP contribution in [0.1, 0.15) is 35.2 Å². The summed E-state index contributed by atoms with van der Waals surface area (Å²) in [7, 11) is -1.09. The molecule has 0 aromatic carbocycles. The topological polar surface area (TPSA) is 12.9 Å². The third-order valence-corrected chi connectivity index (χ3v) is 6.11. The van der Waals surface area contributed by atoms with Crippen LogP contribution >= 0.6 is 0 Å². The fourth-order valence-corrected chi connectivity index (χ4v) is 4.78. The summed E-state index contributed by atoms with van der Waals surface area (Å²) in [5, 5.41) is 0. The van der Waals surface area contributed by atoms with Gasteiger partial charge < -0.3 is 0 Å². The van der Waals surface area contributed by atoms with E-state index >= 15 is 0 Å². The van der Waals surface area contributed by atoms with Gasteiger partial charge in [0.15, 0.2) is 0 Å². The number of aryl methyl sites for hydroxylation is 2. The van der Waals surface area contributed by atoms with E-state index in [0.717, 1.165) is 5.54 Å². The van der Waals surface area contributed by atoms with Crippen molar-refractivity contribution in [3.05, 3.63) is 29.1 Å². The Bertz CT molecular complexity index is 365. The zero-order chi connectivity index (χ0) is 11.1. The van der Waals surface area contributed by atoms with Crippen LogP contribution in [0.2, 0.25) is 19.6 Å². The number of fused-ring (bicyclic) bond motifs is 1. The first kappa shape index (κ1) is 10.9. The predicted molar refractivity (Wildman–Crippen MR) is 68.0 cm³/mol. The molecule has 0 saturated heterocycles. The molecule has 1 nitrogen and oxygen atoms in total. The first-order valence-electron chi connectivity index (χ1n) is 5.94. The molecule has 0 saturated carbocycles. The number of nitrogens with zero attached hydrogens (tertiary/aromatic N) is 1. The van der Waals surface area contributed by atoms with Gasteiger partial charge in [0, 0.05) is 11.9 Å².